The second kappa shape index (κ2) is 9.01. The van der Waals surface area contributed by atoms with Gasteiger partial charge < -0.3 is 14.9 Å². The Bertz CT molecular complexity index is 479. The number of nitrogens with zero attached hydrogens (tertiary/aromatic N) is 2. The van der Waals surface area contributed by atoms with Gasteiger partial charge in [-0.1, -0.05) is 37.8 Å². The van der Waals surface area contributed by atoms with Gasteiger partial charge in [-0.2, -0.15) is 4.98 Å². The van der Waals surface area contributed by atoms with E-state index in [1.54, 1.807) is 0 Å². The molecule has 1 aromatic heterocycles. The molecule has 1 aromatic rings. The molecule has 0 unspecified atom stereocenters. The molecule has 1 aliphatic carbocycles. The van der Waals surface area contributed by atoms with Gasteiger partial charge in [-0.3, -0.25) is 4.79 Å². The minimum atomic E-state index is -0.715. The summed E-state index contributed by atoms with van der Waals surface area (Å²) in [5.74, 6) is 1.32. The van der Waals surface area contributed by atoms with Gasteiger partial charge in [0.1, 0.15) is 0 Å². The van der Waals surface area contributed by atoms with Crippen LogP contribution in [0, 0.1) is 0 Å². The second-order valence-electron chi connectivity index (χ2n) is 6.62. The van der Waals surface area contributed by atoms with E-state index in [1.807, 2.05) is 0 Å². The van der Waals surface area contributed by atoms with Gasteiger partial charge in [-0.25, -0.2) is 0 Å². The zero-order valence-electron chi connectivity index (χ0n) is 14.1. The van der Waals surface area contributed by atoms with Crippen molar-refractivity contribution in [2.75, 3.05) is 6.54 Å². The Morgan fingerprint density at radius 3 is 2.70 bits per heavy atom. The molecule has 23 heavy (non-hydrogen) atoms. The van der Waals surface area contributed by atoms with E-state index >= 15 is 0 Å². The highest BCUT2D eigenvalue weighted by Crippen LogP contribution is 2.26. The number of hydrogen-bond acceptors (Lipinski definition) is 5. The third-order valence-electron chi connectivity index (χ3n) is 4.43. The van der Waals surface area contributed by atoms with Crippen molar-refractivity contribution in [3.8, 4) is 0 Å². The fraction of sp³-hybridized carbons (Fsp3) is 0.824. The van der Waals surface area contributed by atoms with Crippen LogP contribution in [0.3, 0.4) is 0 Å². The SMILES string of the molecule is CCCc1noc(CCCC(=O)NCC2(O)CCCCCC2)n1. The van der Waals surface area contributed by atoms with Crippen LogP contribution in [-0.2, 0) is 17.6 Å². The number of hydrogen-bond donors (Lipinski definition) is 2. The number of carbonyl (C=O) groups is 1. The summed E-state index contributed by atoms with van der Waals surface area (Å²) in [4.78, 5) is 16.2. The van der Waals surface area contributed by atoms with E-state index in [-0.39, 0.29) is 5.91 Å². The van der Waals surface area contributed by atoms with E-state index in [2.05, 4.69) is 22.4 Å². The zero-order valence-corrected chi connectivity index (χ0v) is 14.1. The third kappa shape index (κ3) is 6.29. The molecule has 6 heteroatoms. The van der Waals surface area contributed by atoms with Crippen molar-refractivity contribution < 1.29 is 14.4 Å². The number of nitrogens with one attached hydrogen (secondary N) is 1. The van der Waals surface area contributed by atoms with Crippen LogP contribution < -0.4 is 5.32 Å². The smallest absolute Gasteiger partial charge is 0.226 e. The van der Waals surface area contributed by atoms with Crippen molar-refractivity contribution >= 4 is 5.91 Å². The number of aromatic nitrogens is 2. The fourth-order valence-corrected chi connectivity index (χ4v) is 3.03. The summed E-state index contributed by atoms with van der Waals surface area (Å²) in [6, 6.07) is 0. The zero-order chi connectivity index (χ0) is 16.5. The lowest BCUT2D eigenvalue weighted by Gasteiger charge is -2.26. The molecule has 0 saturated heterocycles. The molecular formula is C17H29N3O3. The number of amides is 1. The summed E-state index contributed by atoms with van der Waals surface area (Å²) in [5.41, 5.74) is -0.715. The first-order chi connectivity index (χ1) is 11.1. The Hall–Kier alpha value is -1.43. The Balaban J connectivity index is 1.64. The summed E-state index contributed by atoms with van der Waals surface area (Å²) >= 11 is 0. The maximum Gasteiger partial charge on any atom is 0.226 e. The molecule has 1 heterocycles. The summed E-state index contributed by atoms with van der Waals surface area (Å²) in [5, 5.41) is 17.3. The van der Waals surface area contributed by atoms with Crippen LogP contribution in [0.5, 0.6) is 0 Å². The van der Waals surface area contributed by atoms with Crippen LogP contribution in [0.1, 0.15) is 76.4 Å². The highest BCUT2D eigenvalue weighted by Gasteiger charge is 2.28. The van der Waals surface area contributed by atoms with Gasteiger partial charge in [-0.05, 0) is 25.7 Å². The van der Waals surface area contributed by atoms with Crippen molar-refractivity contribution in [3.63, 3.8) is 0 Å². The molecule has 1 saturated carbocycles. The average molecular weight is 323 g/mol. The Kier molecular flexibility index (Phi) is 7.02. The Morgan fingerprint density at radius 1 is 1.26 bits per heavy atom. The molecule has 1 amide bonds. The van der Waals surface area contributed by atoms with Gasteiger partial charge in [0, 0.05) is 25.8 Å². The fourth-order valence-electron chi connectivity index (χ4n) is 3.03. The number of aliphatic hydroxyl groups is 1. The van der Waals surface area contributed by atoms with E-state index in [4.69, 9.17) is 4.52 Å². The highest BCUT2D eigenvalue weighted by molar-refractivity contribution is 5.75. The Labute approximate surface area is 138 Å². The molecule has 1 aliphatic rings. The largest absolute Gasteiger partial charge is 0.388 e. The summed E-state index contributed by atoms with van der Waals surface area (Å²) in [6.07, 6.45) is 9.56. The normalized spacial score (nSPS) is 17.7. The molecule has 0 aromatic carbocycles. The number of rotatable bonds is 8. The average Bonchev–Trinajstić information content (AvgIpc) is 2.85. The first-order valence-electron chi connectivity index (χ1n) is 8.92. The van der Waals surface area contributed by atoms with E-state index in [9.17, 15) is 9.90 Å². The molecule has 2 rings (SSSR count). The second-order valence-corrected chi connectivity index (χ2v) is 6.62. The van der Waals surface area contributed by atoms with Crippen molar-refractivity contribution in [1.82, 2.24) is 15.5 Å². The van der Waals surface area contributed by atoms with Crippen molar-refractivity contribution in [3.05, 3.63) is 11.7 Å². The minimum absolute atomic E-state index is 0.0176. The highest BCUT2D eigenvalue weighted by atomic mass is 16.5. The molecule has 0 aliphatic heterocycles. The summed E-state index contributed by atoms with van der Waals surface area (Å²) < 4.78 is 5.15. The van der Waals surface area contributed by atoms with E-state index < -0.39 is 5.60 Å². The quantitative estimate of drug-likeness (QED) is 0.718. The maximum absolute atomic E-state index is 11.9. The molecular weight excluding hydrogens is 294 g/mol. The van der Waals surface area contributed by atoms with Crippen molar-refractivity contribution in [2.45, 2.75) is 83.2 Å². The van der Waals surface area contributed by atoms with Gasteiger partial charge in [0.15, 0.2) is 5.82 Å². The molecule has 1 fully saturated rings. The lowest BCUT2D eigenvalue weighted by molar-refractivity contribution is -0.122. The van der Waals surface area contributed by atoms with Crippen LogP contribution >= 0.6 is 0 Å². The first kappa shape index (κ1) is 17.9. The predicted octanol–water partition coefficient (Wildman–Crippen LogP) is 2.55. The molecule has 130 valence electrons. The van der Waals surface area contributed by atoms with Crippen LogP contribution in [0.15, 0.2) is 4.52 Å². The van der Waals surface area contributed by atoms with E-state index in [1.165, 1.54) is 12.8 Å². The van der Waals surface area contributed by atoms with Gasteiger partial charge in [-0.15, -0.1) is 0 Å². The van der Waals surface area contributed by atoms with Gasteiger partial charge in [0.25, 0.3) is 0 Å². The molecule has 0 spiro atoms. The van der Waals surface area contributed by atoms with Gasteiger partial charge in [0.05, 0.1) is 5.60 Å². The monoisotopic (exact) mass is 323 g/mol. The Morgan fingerprint density at radius 2 is 2.00 bits per heavy atom. The van der Waals surface area contributed by atoms with Gasteiger partial charge >= 0.3 is 0 Å². The lowest BCUT2D eigenvalue weighted by atomic mass is 9.94. The maximum atomic E-state index is 11.9. The topological polar surface area (TPSA) is 88.2 Å². The van der Waals surface area contributed by atoms with Crippen LogP contribution in [-0.4, -0.2) is 33.3 Å². The van der Waals surface area contributed by atoms with Gasteiger partial charge in [0.2, 0.25) is 11.8 Å². The summed E-state index contributed by atoms with van der Waals surface area (Å²) in [7, 11) is 0. The van der Waals surface area contributed by atoms with E-state index in [0.717, 1.165) is 44.3 Å². The van der Waals surface area contributed by atoms with E-state index in [0.29, 0.717) is 31.7 Å². The third-order valence-corrected chi connectivity index (χ3v) is 4.43. The molecule has 0 atom stereocenters. The van der Waals surface area contributed by atoms with Crippen LogP contribution in [0.4, 0.5) is 0 Å². The standard InChI is InChI=1S/C17H29N3O3/c1-2-8-14-19-16(23-20-14)10-7-9-15(21)18-13-17(22)11-5-3-4-6-12-17/h22H,2-13H2,1H3,(H,18,21). The molecule has 2 N–H and O–H groups in total. The predicted molar refractivity (Wildman–Crippen MR) is 86.9 cm³/mol. The molecule has 0 bridgehead atoms. The van der Waals surface area contributed by atoms with Crippen LogP contribution in [0.25, 0.3) is 0 Å². The number of aryl methyl sites for hydroxylation is 2. The lowest BCUT2D eigenvalue weighted by Crippen LogP contribution is -2.42. The van der Waals surface area contributed by atoms with Crippen molar-refractivity contribution in [1.29, 1.82) is 0 Å². The molecule has 0 radical (unpaired) electrons. The first-order valence-corrected chi connectivity index (χ1v) is 8.92. The van der Waals surface area contributed by atoms with Crippen molar-refractivity contribution in [2.24, 2.45) is 0 Å². The molecule has 6 nitrogen and oxygen atoms in total. The summed E-state index contributed by atoms with van der Waals surface area (Å²) in [6.45, 7) is 2.44. The minimum Gasteiger partial charge on any atom is -0.388 e. The number of carbonyl (C=O) groups excluding carboxylic acids is 1. The van der Waals surface area contributed by atoms with Crippen LogP contribution in [0.2, 0.25) is 0 Å².